The number of carbonyl (C=O) groups is 1. The van der Waals surface area contributed by atoms with Crippen LogP contribution in [0.3, 0.4) is 0 Å². The number of aromatic nitrogens is 1. The number of amides is 1. The van der Waals surface area contributed by atoms with Crippen LogP contribution in [0.25, 0.3) is 0 Å². The van der Waals surface area contributed by atoms with E-state index in [0.717, 1.165) is 6.54 Å². The molecule has 2 unspecified atom stereocenters. The second kappa shape index (κ2) is 6.74. The van der Waals surface area contributed by atoms with Crippen LogP contribution in [0.15, 0.2) is 24.5 Å². The third-order valence-corrected chi connectivity index (χ3v) is 4.11. The first-order valence-corrected chi connectivity index (χ1v) is 7.09. The van der Waals surface area contributed by atoms with Crippen molar-refractivity contribution in [3.8, 4) is 0 Å². The van der Waals surface area contributed by atoms with E-state index >= 15 is 0 Å². The van der Waals surface area contributed by atoms with Crippen LogP contribution in [0.2, 0.25) is 0 Å². The molecule has 0 aromatic carbocycles. The van der Waals surface area contributed by atoms with E-state index in [1.807, 2.05) is 0 Å². The molecule has 1 saturated carbocycles. The number of hydrogen-bond acceptors (Lipinski definition) is 2. The summed E-state index contributed by atoms with van der Waals surface area (Å²) in [6.07, 6.45) is 8.14. The molecule has 98 valence electrons. The summed E-state index contributed by atoms with van der Waals surface area (Å²) in [5.41, 5.74) is 0.621. The molecule has 2 atom stereocenters. The van der Waals surface area contributed by atoms with Gasteiger partial charge in [0, 0.05) is 24.8 Å². The molecule has 0 saturated heterocycles. The van der Waals surface area contributed by atoms with Gasteiger partial charge in [0.1, 0.15) is 0 Å². The highest BCUT2D eigenvalue weighted by Crippen LogP contribution is 2.30. The molecule has 1 heterocycles. The SMILES string of the molecule is O=C(NCC1CCCCC1CCl)c1cccnc1. The molecule has 2 rings (SSSR count). The van der Waals surface area contributed by atoms with E-state index < -0.39 is 0 Å². The first-order valence-electron chi connectivity index (χ1n) is 6.55. The largest absolute Gasteiger partial charge is 0.352 e. The van der Waals surface area contributed by atoms with Gasteiger partial charge in [0.15, 0.2) is 0 Å². The highest BCUT2D eigenvalue weighted by molar-refractivity contribution is 6.18. The quantitative estimate of drug-likeness (QED) is 0.852. The van der Waals surface area contributed by atoms with Crippen molar-refractivity contribution in [2.75, 3.05) is 12.4 Å². The molecule has 1 amide bonds. The average Bonchev–Trinajstić information content (AvgIpc) is 2.46. The maximum Gasteiger partial charge on any atom is 0.252 e. The Bertz CT molecular complexity index is 383. The molecular formula is C14H19ClN2O. The monoisotopic (exact) mass is 266 g/mol. The number of hydrogen-bond donors (Lipinski definition) is 1. The van der Waals surface area contributed by atoms with Gasteiger partial charge in [-0.25, -0.2) is 0 Å². The predicted molar refractivity (Wildman–Crippen MR) is 72.7 cm³/mol. The Kier molecular flexibility index (Phi) is 5.00. The van der Waals surface area contributed by atoms with E-state index in [2.05, 4.69) is 10.3 Å². The molecule has 1 aromatic rings. The molecule has 0 spiro atoms. The number of carbonyl (C=O) groups excluding carboxylic acids is 1. The van der Waals surface area contributed by atoms with Crippen molar-refractivity contribution in [1.82, 2.24) is 10.3 Å². The maximum atomic E-state index is 11.9. The Labute approximate surface area is 113 Å². The van der Waals surface area contributed by atoms with E-state index in [1.54, 1.807) is 24.5 Å². The minimum atomic E-state index is -0.0398. The Morgan fingerprint density at radius 2 is 2.17 bits per heavy atom. The second-order valence-corrected chi connectivity index (χ2v) is 5.22. The smallest absolute Gasteiger partial charge is 0.252 e. The zero-order chi connectivity index (χ0) is 12.8. The van der Waals surface area contributed by atoms with Gasteiger partial charge in [-0.2, -0.15) is 0 Å². The van der Waals surface area contributed by atoms with Crippen molar-refractivity contribution in [2.45, 2.75) is 25.7 Å². The van der Waals surface area contributed by atoms with E-state index in [1.165, 1.54) is 25.7 Å². The van der Waals surface area contributed by atoms with Crippen LogP contribution in [0, 0.1) is 11.8 Å². The average molecular weight is 267 g/mol. The van der Waals surface area contributed by atoms with Gasteiger partial charge in [-0.15, -0.1) is 11.6 Å². The molecule has 1 fully saturated rings. The lowest BCUT2D eigenvalue weighted by atomic mass is 9.80. The number of nitrogens with one attached hydrogen (secondary N) is 1. The summed E-state index contributed by atoms with van der Waals surface area (Å²) in [6.45, 7) is 0.727. The van der Waals surface area contributed by atoms with Crippen LogP contribution >= 0.6 is 11.6 Å². The van der Waals surface area contributed by atoms with Crippen LogP contribution in [0.1, 0.15) is 36.0 Å². The number of rotatable bonds is 4. The Morgan fingerprint density at radius 3 is 2.83 bits per heavy atom. The lowest BCUT2D eigenvalue weighted by molar-refractivity contribution is 0.0936. The van der Waals surface area contributed by atoms with E-state index in [4.69, 9.17) is 11.6 Å². The normalized spacial score (nSPS) is 23.6. The van der Waals surface area contributed by atoms with E-state index in [9.17, 15) is 4.79 Å². The Balaban J connectivity index is 1.85. The predicted octanol–water partition coefficient (Wildman–Crippen LogP) is 2.86. The van der Waals surface area contributed by atoms with Gasteiger partial charge in [-0.1, -0.05) is 12.8 Å². The first-order chi connectivity index (χ1) is 8.81. The molecule has 18 heavy (non-hydrogen) atoms. The summed E-state index contributed by atoms with van der Waals surface area (Å²) in [6, 6.07) is 3.55. The summed E-state index contributed by atoms with van der Waals surface area (Å²) >= 11 is 5.98. The zero-order valence-electron chi connectivity index (χ0n) is 10.4. The fourth-order valence-corrected chi connectivity index (χ4v) is 2.99. The lowest BCUT2D eigenvalue weighted by Crippen LogP contribution is -2.34. The number of pyridine rings is 1. The summed E-state index contributed by atoms with van der Waals surface area (Å²) in [5.74, 6) is 1.74. The number of halogens is 1. The molecule has 4 heteroatoms. The standard InChI is InChI=1S/C14H19ClN2O/c15-8-11-4-1-2-5-12(11)10-17-14(18)13-6-3-7-16-9-13/h3,6-7,9,11-12H,1-2,4-5,8,10H2,(H,17,18). The minimum absolute atomic E-state index is 0.0398. The minimum Gasteiger partial charge on any atom is -0.352 e. The first kappa shape index (κ1) is 13.3. The van der Waals surface area contributed by atoms with Crippen molar-refractivity contribution >= 4 is 17.5 Å². The Hall–Kier alpha value is -1.09. The van der Waals surface area contributed by atoms with Gasteiger partial charge in [-0.05, 0) is 36.8 Å². The highest BCUT2D eigenvalue weighted by atomic mass is 35.5. The van der Waals surface area contributed by atoms with Crippen molar-refractivity contribution in [1.29, 1.82) is 0 Å². The van der Waals surface area contributed by atoms with E-state index in [0.29, 0.717) is 23.3 Å². The van der Waals surface area contributed by atoms with Crippen molar-refractivity contribution in [3.05, 3.63) is 30.1 Å². The third-order valence-electron chi connectivity index (χ3n) is 3.71. The summed E-state index contributed by atoms with van der Waals surface area (Å²) in [4.78, 5) is 15.8. The molecular weight excluding hydrogens is 248 g/mol. The zero-order valence-corrected chi connectivity index (χ0v) is 11.2. The van der Waals surface area contributed by atoms with Gasteiger partial charge in [0.25, 0.3) is 5.91 Å². The molecule has 0 bridgehead atoms. The second-order valence-electron chi connectivity index (χ2n) is 4.91. The molecule has 0 radical (unpaired) electrons. The van der Waals surface area contributed by atoms with Crippen LogP contribution in [0.5, 0.6) is 0 Å². The molecule has 1 aromatic heterocycles. The van der Waals surface area contributed by atoms with Gasteiger partial charge in [-0.3, -0.25) is 9.78 Å². The van der Waals surface area contributed by atoms with Crippen molar-refractivity contribution in [3.63, 3.8) is 0 Å². The summed E-state index contributed by atoms with van der Waals surface area (Å²) < 4.78 is 0. The third kappa shape index (κ3) is 3.45. The number of nitrogens with zero attached hydrogens (tertiary/aromatic N) is 1. The summed E-state index contributed by atoms with van der Waals surface area (Å²) in [7, 11) is 0. The van der Waals surface area contributed by atoms with Crippen molar-refractivity contribution < 1.29 is 4.79 Å². The van der Waals surface area contributed by atoms with Gasteiger partial charge in [0.05, 0.1) is 5.56 Å². The fourth-order valence-electron chi connectivity index (χ4n) is 2.58. The molecule has 1 aliphatic rings. The van der Waals surface area contributed by atoms with Gasteiger partial charge >= 0.3 is 0 Å². The highest BCUT2D eigenvalue weighted by Gasteiger charge is 2.24. The number of alkyl halides is 1. The van der Waals surface area contributed by atoms with E-state index in [-0.39, 0.29) is 5.91 Å². The molecule has 1 N–H and O–H groups in total. The molecule has 3 nitrogen and oxygen atoms in total. The van der Waals surface area contributed by atoms with Crippen LogP contribution in [-0.4, -0.2) is 23.3 Å². The summed E-state index contributed by atoms with van der Waals surface area (Å²) in [5, 5.41) is 3.00. The van der Waals surface area contributed by atoms with Crippen LogP contribution < -0.4 is 5.32 Å². The topological polar surface area (TPSA) is 42.0 Å². The molecule has 0 aliphatic heterocycles. The fraction of sp³-hybridized carbons (Fsp3) is 0.571. The van der Waals surface area contributed by atoms with Crippen LogP contribution in [0.4, 0.5) is 0 Å². The molecule has 1 aliphatic carbocycles. The lowest BCUT2D eigenvalue weighted by Gasteiger charge is -2.30. The van der Waals surface area contributed by atoms with Gasteiger partial charge in [0.2, 0.25) is 0 Å². The van der Waals surface area contributed by atoms with Crippen molar-refractivity contribution in [2.24, 2.45) is 11.8 Å². The van der Waals surface area contributed by atoms with Gasteiger partial charge < -0.3 is 5.32 Å². The Morgan fingerprint density at radius 1 is 1.39 bits per heavy atom. The maximum absolute atomic E-state index is 11.9. The van der Waals surface area contributed by atoms with Crippen LogP contribution in [-0.2, 0) is 0 Å².